The maximum Gasteiger partial charge on any atom is 0.218 e. The third-order valence-corrected chi connectivity index (χ3v) is 1.98. The zero-order valence-electron chi connectivity index (χ0n) is 7.55. The number of pyridine rings is 1. The van der Waals surface area contributed by atoms with Gasteiger partial charge >= 0.3 is 0 Å². The summed E-state index contributed by atoms with van der Waals surface area (Å²) in [5.74, 6) is 0.721. The molecule has 2 aromatic heterocycles. The van der Waals surface area contributed by atoms with E-state index in [2.05, 4.69) is 9.97 Å². The summed E-state index contributed by atoms with van der Waals surface area (Å²) in [7, 11) is 0. The summed E-state index contributed by atoms with van der Waals surface area (Å²) in [5, 5.41) is 9.06. The number of imidazole rings is 1. The molecule has 2 rings (SSSR count). The summed E-state index contributed by atoms with van der Waals surface area (Å²) in [6.45, 7) is 0. The molecule has 5 nitrogen and oxygen atoms in total. The van der Waals surface area contributed by atoms with Crippen molar-refractivity contribution in [3.05, 3.63) is 35.5 Å². The lowest BCUT2D eigenvalue weighted by Gasteiger charge is -2.03. The van der Waals surface area contributed by atoms with Crippen molar-refractivity contribution in [2.75, 3.05) is 5.73 Å². The lowest BCUT2D eigenvalue weighted by molar-refractivity contribution is 0.969. The second-order valence-electron chi connectivity index (χ2n) is 2.81. The van der Waals surface area contributed by atoms with Gasteiger partial charge in [-0.3, -0.25) is 4.57 Å². The van der Waals surface area contributed by atoms with Crippen LogP contribution in [0.25, 0.3) is 5.82 Å². The highest BCUT2D eigenvalue weighted by Gasteiger charge is 2.06. The Hall–Kier alpha value is -2.06. The van der Waals surface area contributed by atoms with Gasteiger partial charge in [0.05, 0.1) is 0 Å². The Bertz CT molecular complexity index is 519. The number of nitrogens with zero attached hydrogens (tertiary/aromatic N) is 4. The van der Waals surface area contributed by atoms with Crippen molar-refractivity contribution in [3.63, 3.8) is 0 Å². The Morgan fingerprint density at radius 1 is 1.47 bits per heavy atom. The van der Waals surface area contributed by atoms with Crippen molar-refractivity contribution >= 4 is 17.3 Å². The van der Waals surface area contributed by atoms with Crippen molar-refractivity contribution in [2.24, 2.45) is 0 Å². The molecule has 0 bridgehead atoms. The zero-order chi connectivity index (χ0) is 10.8. The molecule has 0 atom stereocenters. The first-order valence-electron chi connectivity index (χ1n) is 4.07. The predicted molar refractivity (Wildman–Crippen MR) is 55.5 cm³/mol. The van der Waals surface area contributed by atoms with E-state index in [0.29, 0.717) is 11.5 Å². The summed E-state index contributed by atoms with van der Waals surface area (Å²) in [5.41, 5.74) is 6.10. The maximum absolute atomic E-state index is 8.78. The monoisotopic (exact) mass is 219 g/mol. The Morgan fingerprint density at radius 3 is 2.93 bits per heavy atom. The molecular weight excluding hydrogens is 214 g/mol. The van der Waals surface area contributed by atoms with Gasteiger partial charge in [0.25, 0.3) is 0 Å². The molecule has 0 saturated heterocycles. The molecule has 0 unspecified atom stereocenters. The highest BCUT2D eigenvalue weighted by Crippen LogP contribution is 2.16. The number of halogens is 1. The normalized spacial score (nSPS) is 9.87. The Balaban J connectivity index is 2.60. The molecule has 2 N–H and O–H groups in total. The lowest BCUT2D eigenvalue weighted by atomic mass is 10.4. The van der Waals surface area contributed by atoms with Gasteiger partial charge in [-0.25, -0.2) is 9.97 Å². The van der Waals surface area contributed by atoms with Crippen molar-refractivity contribution in [2.45, 2.75) is 0 Å². The van der Waals surface area contributed by atoms with Crippen LogP contribution in [0.5, 0.6) is 0 Å². The summed E-state index contributed by atoms with van der Waals surface area (Å²) in [4.78, 5) is 7.89. The van der Waals surface area contributed by atoms with E-state index in [0.717, 1.165) is 0 Å². The van der Waals surface area contributed by atoms with Crippen LogP contribution in [-0.4, -0.2) is 14.5 Å². The van der Waals surface area contributed by atoms with Gasteiger partial charge in [-0.15, -0.1) is 0 Å². The highest BCUT2D eigenvalue weighted by atomic mass is 35.5. The third-order valence-electron chi connectivity index (χ3n) is 1.79. The van der Waals surface area contributed by atoms with E-state index in [1.807, 2.05) is 6.07 Å². The molecule has 0 aromatic carbocycles. The fourth-order valence-corrected chi connectivity index (χ4v) is 1.41. The molecule has 15 heavy (non-hydrogen) atoms. The molecule has 74 valence electrons. The van der Waals surface area contributed by atoms with Crippen LogP contribution in [0.15, 0.2) is 24.5 Å². The van der Waals surface area contributed by atoms with Crippen LogP contribution in [0.2, 0.25) is 5.15 Å². The zero-order valence-corrected chi connectivity index (χ0v) is 8.31. The number of hydrogen-bond acceptors (Lipinski definition) is 4. The molecule has 0 saturated carbocycles. The van der Waals surface area contributed by atoms with E-state index in [4.69, 9.17) is 22.6 Å². The fourth-order valence-electron chi connectivity index (χ4n) is 1.20. The van der Waals surface area contributed by atoms with Gasteiger partial charge in [-0.2, -0.15) is 5.26 Å². The van der Waals surface area contributed by atoms with Crippen LogP contribution in [-0.2, 0) is 0 Å². The van der Waals surface area contributed by atoms with Crippen LogP contribution >= 0.6 is 11.6 Å². The fraction of sp³-hybridized carbons (Fsp3) is 0. The molecule has 0 fully saturated rings. The summed E-state index contributed by atoms with van der Waals surface area (Å²) >= 11 is 5.75. The SMILES string of the molecule is N#Cc1nccn1-c1cc(N)cc(Cl)n1. The minimum atomic E-state index is 0.240. The lowest BCUT2D eigenvalue weighted by Crippen LogP contribution is -2.01. The maximum atomic E-state index is 8.78. The summed E-state index contributed by atoms with van der Waals surface area (Å²) < 4.78 is 1.52. The number of nitrogen functional groups attached to an aromatic ring is 1. The van der Waals surface area contributed by atoms with Gasteiger partial charge in [0, 0.05) is 24.1 Å². The number of anilines is 1. The minimum absolute atomic E-state index is 0.240. The standard InChI is InChI=1S/C9H6ClN5/c10-7-3-6(12)4-8(14-7)15-2-1-13-9(15)5-11/h1-4H,(H2,12,14). The van der Waals surface area contributed by atoms with Gasteiger partial charge in [-0.1, -0.05) is 11.6 Å². The molecule has 0 amide bonds. The molecule has 2 aromatic rings. The molecule has 0 aliphatic heterocycles. The van der Waals surface area contributed by atoms with Crippen LogP contribution in [0, 0.1) is 11.3 Å². The number of rotatable bonds is 1. The molecule has 0 radical (unpaired) electrons. The smallest absolute Gasteiger partial charge is 0.218 e. The average Bonchev–Trinajstić information content (AvgIpc) is 2.63. The number of hydrogen-bond donors (Lipinski definition) is 1. The van der Waals surface area contributed by atoms with Crippen molar-refractivity contribution in [3.8, 4) is 11.9 Å². The first-order valence-corrected chi connectivity index (χ1v) is 4.45. The average molecular weight is 220 g/mol. The topological polar surface area (TPSA) is 80.5 Å². The van der Waals surface area contributed by atoms with Crippen LogP contribution in [0.3, 0.4) is 0 Å². The van der Waals surface area contributed by atoms with Gasteiger partial charge in [0.1, 0.15) is 17.0 Å². The Kier molecular flexibility index (Phi) is 2.27. The number of aromatic nitrogens is 3. The van der Waals surface area contributed by atoms with Crippen LogP contribution in [0.1, 0.15) is 5.82 Å². The molecule has 2 heterocycles. The minimum Gasteiger partial charge on any atom is -0.399 e. The molecular formula is C9H6ClN5. The molecule has 6 heteroatoms. The van der Waals surface area contributed by atoms with Gasteiger partial charge in [0.15, 0.2) is 0 Å². The second kappa shape index (κ2) is 3.59. The summed E-state index contributed by atoms with van der Waals surface area (Å²) in [6, 6.07) is 5.10. The van der Waals surface area contributed by atoms with E-state index < -0.39 is 0 Å². The number of nitrogens with two attached hydrogens (primary N) is 1. The van der Waals surface area contributed by atoms with E-state index >= 15 is 0 Å². The van der Waals surface area contributed by atoms with Crippen molar-refractivity contribution < 1.29 is 0 Å². The molecule has 0 spiro atoms. The van der Waals surface area contributed by atoms with Crippen LogP contribution < -0.4 is 5.73 Å². The van der Waals surface area contributed by atoms with Gasteiger partial charge < -0.3 is 5.73 Å². The third kappa shape index (κ3) is 1.75. The predicted octanol–water partition coefficient (Wildman–Crippen LogP) is 1.37. The van der Waals surface area contributed by atoms with Crippen LogP contribution in [0.4, 0.5) is 5.69 Å². The van der Waals surface area contributed by atoms with Gasteiger partial charge in [-0.05, 0) is 6.07 Å². The van der Waals surface area contributed by atoms with Crippen molar-refractivity contribution in [1.82, 2.24) is 14.5 Å². The van der Waals surface area contributed by atoms with E-state index in [9.17, 15) is 0 Å². The van der Waals surface area contributed by atoms with Crippen molar-refractivity contribution in [1.29, 1.82) is 5.26 Å². The highest BCUT2D eigenvalue weighted by molar-refractivity contribution is 6.29. The quantitative estimate of drug-likeness (QED) is 0.735. The van der Waals surface area contributed by atoms with E-state index in [1.54, 1.807) is 12.3 Å². The second-order valence-corrected chi connectivity index (χ2v) is 3.20. The summed E-state index contributed by atoms with van der Waals surface area (Å²) in [6.07, 6.45) is 3.13. The largest absolute Gasteiger partial charge is 0.399 e. The Labute approximate surface area is 90.7 Å². The first kappa shape index (κ1) is 9.49. The Morgan fingerprint density at radius 2 is 2.27 bits per heavy atom. The van der Waals surface area contributed by atoms with Gasteiger partial charge in [0.2, 0.25) is 5.82 Å². The van der Waals surface area contributed by atoms with E-state index in [-0.39, 0.29) is 11.0 Å². The molecule has 0 aliphatic rings. The van der Waals surface area contributed by atoms with E-state index in [1.165, 1.54) is 16.8 Å². The molecule has 0 aliphatic carbocycles. The number of nitriles is 1. The first-order chi connectivity index (χ1) is 7.20.